The molecule has 5 N–H and O–H groups in total. The van der Waals surface area contributed by atoms with Gasteiger partial charge in [-0.25, -0.2) is 4.79 Å². The molecule has 1 aliphatic rings. The topological polar surface area (TPSA) is 173 Å². The quantitative estimate of drug-likeness (QED) is 0.254. The maximum Gasteiger partial charge on any atom is 0.327 e. The number of carboxylic acids is 2. The Balaban J connectivity index is 3.06. The van der Waals surface area contributed by atoms with Crippen LogP contribution in [0.25, 0.3) is 0 Å². The third kappa shape index (κ3) is 3.10. The molecule has 0 aromatic rings. The smallest absolute Gasteiger partial charge is 0.327 e. The van der Waals surface area contributed by atoms with Gasteiger partial charge in [0.25, 0.3) is 5.91 Å². The van der Waals surface area contributed by atoms with Crippen LogP contribution in [0.5, 0.6) is 0 Å². The number of hydrogen-bond donors (Lipinski definition) is 5. The first kappa shape index (κ1) is 16.0. The molecule has 0 bridgehead atoms. The Hall–Kier alpha value is -2.04. The maximum absolute atomic E-state index is 11.9. The second-order valence-electron chi connectivity index (χ2n) is 4.41. The Labute approximate surface area is 111 Å². The number of likely N-dealkylation sites (tertiary alicyclic amines) is 1. The van der Waals surface area contributed by atoms with E-state index in [0.29, 0.717) is 0 Å². The van der Waals surface area contributed by atoms with E-state index >= 15 is 0 Å². The number of carbonyl (C=O) groups excluding carboxylic acids is 2. The number of aliphatic carboxylic acids is 2. The van der Waals surface area contributed by atoms with Gasteiger partial charge in [-0.3, -0.25) is 19.3 Å². The van der Waals surface area contributed by atoms with Gasteiger partial charge >= 0.3 is 11.9 Å². The number of rotatable bonds is 6. The van der Waals surface area contributed by atoms with Crippen molar-refractivity contribution in [1.82, 2.24) is 4.90 Å². The second kappa shape index (κ2) is 5.53. The summed E-state index contributed by atoms with van der Waals surface area (Å²) in [6, 6.07) is -1.96. The van der Waals surface area contributed by atoms with E-state index < -0.39 is 60.9 Å². The third-order valence-electron chi connectivity index (χ3n) is 2.81. The number of aliphatic hydroxyl groups excluding tert-OH is 1. The van der Waals surface area contributed by atoms with Gasteiger partial charge in [0.05, 0.1) is 12.8 Å². The summed E-state index contributed by atoms with van der Waals surface area (Å²) in [7, 11) is 0. The van der Waals surface area contributed by atoms with Crippen molar-refractivity contribution in [2.24, 2.45) is 0 Å². The van der Waals surface area contributed by atoms with Crippen LogP contribution in [0.4, 0.5) is 0 Å². The lowest BCUT2D eigenvalue weighted by Crippen LogP contribution is -2.50. The molecule has 2 amide bonds. The lowest BCUT2D eigenvalue weighted by Gasteiger charge is -2.24. The Bertz CT molecular complexity index is 460. The molecule has 2 atom stereocenters. The highest BCUT2D eigenvalue weighted by Gasteiger charge is 2.54. The molecular weight excluding hydrogens is 278 g/mol. The van der Waals surface area contributed by atoms with Crippen LogP contribution in [0.1, 0.15) is 19.3 Å². The van der Waals surface area contributed by atoms with Gasteiger partial charge < -0.3 is 25.5 Å². The fourth-order valence-corrected chi connectivity index (χ4v) is 1.98. The first-order valence-corrected chi connectivity index (χ1v) is 5.48. The van der Waals surface area contributed by atoms with Crippen molar-refractivity contribution >= 4 is 23.8 Å². The zero-order valence-electron chi connectivity index (χ0n) is 10.1. The van der Waals surface area contributed by atoms with Crippen molar-refractivity contribution < 1.29 is 44.7 Å². The van der Waals surface area contributed by atoms with Crippen molar-refractivity contribution in [3.8, 4) is 0 Å². The van der Waals surface area contributed by atoms with Crippen LogP contribution in [-0.2, 0) is 19.2 Å². The van der Waals surface area contributed by atoms with Gasteiger partial charge in [-0.05, 0) is 0 Å². The Morgan fingerprint density at radius 2 is 1.80 bits per heavy atom. The summed E-state index contributed by atoms with van der Waals surface area (Å²) < 4.78 is 0. The van der Waals surface area contributed by atoms with E-state index in [4.69, 9.17) is 20.4 Å². The highest BCUT2D eigenvalue weighted by molar-refractivity contribution is 6.10. The monoisotopic (exact) mass is 291 g/mol. The van der Waals surface area contributed by atoms with Gasteiger partial charge in [0, 0.05) is 6.42 Å². The molecule has 0 radical (unpaired) electrons. The molecule has 0 aliphatic carbocycles. The van der Waals surface area contributed by atoms with Crippen molar-refractivity contribution in [3.05, 3.63) is 0 Å². The van der Waals surface area contributed by atoms with E-state index in [-0.39, 0.29) is 4.90 Å². The molecule has 20 heavy (non-hydrogen) atoms. The predicted molar refractivity (Wildman–Crippen MR) is 57.9 cm³/mol. The first-order valence-electron chi connectivity index (χ1n) is 5.48. The average Bonchev–Trinajstić information content (AvgIpc) is 2.45. The van der Waals surface area contributed by atoms with Gasteiger partial charge in [-0.15, -0.1) is 0 Å². The molecule has 1 saturated heterocycles. The van der Waals surface area contributed by atoms with E-state index in [1.165, 1.54) is 0 Å². The number of carboxylic acid groups (broad SMARTS) is 2. The van der Waals surface area contributed by atoms with Crippen LogP contribution in [0.2, 0.25) is 0 Å². The normalized spacial score (nSPS) is 24.3. The van der Waals surface area contributed by atoms with E-state index in [9.17, 15) is 24.3 Å². The summed E-state index contributed by atoms with van der Waals surface area (Å²) in [4.78, 5) is 45.2. The molecule has 0 aromatic carbocycles. The Morgan fingerprint density at radius 1 is 1.25 bits per heavy atom. The molecular formula is C10H13NO9. The van der Waals surface area contributed by atoms with Crippen LogP contribution in [0.15, 0.2) is 0 Å². The van der Waals surface area contributed by atoms with Crippen molar-refractivity contribution in [3.63, 3.8) is 0 Å². The minimum absolute atomic E-state index is 0.138. The Kier molecular flexibility index (Phi) is 4.43. The summed E-state index contributed by atoms with van der Waals surface area (Å²) in [6.45, 7) is 0. The van der Waals surface area contributed by atoms with Crippen LogP contribution >= 0.6 is 0 Å². The highest BCUT2D eigenvalue weighted by atomic mass is 16.5. The molecule has 10 heteroatoms. The number of aliphatic hydroxyl groups is 3. The molecule has 1 fully saturated rings. The summed E-state index contributed by atoms with van der Waals surface area (Å²) in [5.41, 5.74) is -2.45. The minimum atomic E-state index is -2.45. The molecule has 0 aromatic heterocycles. The first-order chi connectivity index (χ1) is 9.08. The number of amides is 2. The largest absolute Gasteiger partial charge is 0.481 e. The van der Waals surface area contributed by atoms with E-state index in [2.05, 4.69) is 0 Å². The number of imide groups is 1. The summed E-state index contributed by atoms with van der Waals surface area (Å²) >= 11 is 0. The van der Waals surface area contributed by atoms with Gasteiger partial charge in [0.1, 0.15) is 6.04 Å². The van der Waals surface area contributed by atoms with E-state index in [0.717, 1.165) is 0 Å². The van der Waals surface area contributed by atoms with Gasteiger partial charge in [-0.2, -0.15) is 0 Å². The predicted octanol–water partition coefficient (Wildman–Crippen LogP) is -2.89. The van der Waals surface area contributed by atoms with Crippen LogP contribution in [-0.4, -0.2) is 72.1 Å². The van der Waals surface area contributed by atoms with Crippen molar-refractivity contribution in [2.45, 2.75) is 37.2 Å². The fraction of sp³-hybridized carbons (Fsp3) is 0.600. The minimum Gasteiger partial charge on any atom is -0.481 e. The number of hydrogen-bond acceptors (Lipinski definition) is 7. The maximum atomic E-state index is 11.9. The zero-order chi connectivity index (χ0) is 15.7. The van der Waals surface area contributed by atoms with Crippen LogP contribution < -0.4 is 0 Å². The second-order valence-corrected chi connectivity index (χ2v) is 4.41. The van der Waals surface area contributed by atoms with Crippen molar-refractivity contribution in [2.75, 3.05) is 0 Å². The standard InChI is InChI=1S/C10H13NO9/c12-5-2-10(20,3-7(15)16)9(19)11(5)4(8(17)18)1-6(13)14/h4,7,15-16,20H,1-3H2,(H,13,14)(H,17,18). The molecule has 1 heterocycles. The average molecular weight is 291 g/mol. The van der Waals surface area contributed by atoms with Gasteiger partial charge in [-0.1, -0.05) is 0 Å². The summed E-state index contributed by atoms with van der Waals surface area (Å²) in [5.74, 6) is -5.71. The lowest BCUT2D eigenvalue weighted by molar-refractivity contribution is -0.163. The molecule has 2 unspecified atom stereocenters. The molecule has 1 aliphatic heterocycles. The zero-order valence-corrected chi connectivity index (χ0v) is 10.1. The SMILES string of the molecule is O=C(O)CC(C(=O)O)N1C(=O)CC(O)(CC(O)O)C1=O. The van der Waals surface area contributed by atoms with Crippen molar-refractivity contribution in [1.29, 1.82) is 0 Å². The van der Waals surface area contributed by atoms with Crippen LogP contribution in [0, 0.1) is 0 Å². The third-order valence-corrected chi connectivity index (χ3v) is 2.81. The van der Waals surface area contributed by atoms with Crippen LogP contribution in [0.3, 0.4) is 0 Å². The van der Waals surface area contributed by atoms with Gasteiger partial charge in [0.15, 0.2) is 11.9 Å². The Morgan fingerprint density at radius 3 is 2.20 bits per heavy atom. The summed E-state index contributed by atoms with van der Waals surface area (Å²) in [5, 5.41) is 44.9. The van der Waals surface area contributed by atoms with E-state index in [1.807, 2.05) is 0 Å². The molecule has 0 spiro atoms. The highest BCUT2D eigenvalue weighted by Crippen LogP contribution is 2.30. The number of nitrogens with zero attached hydrogens (tertiary/aromatic N) is 1. The molecule has 112 valence electrons. The van der Waals surface area contributed by atoms with Gasteiger partial charge in [0.2, 0.25) is 5.91 Å². The summed E-state index contributed by atoms with van der Waals surface area (Å²) in [6.07, 6.45) is -4.83. The number of carbonyl (C=O) groups is 4. The fourth-order valence-electron chi connectivity index (χ4n) is 1.98. The van der Waals surface area contributed by atoms with E-state index in [1.54, 1.807) is 0 Å². The molecule has 1 rings (SSSR count). The molecule has 0 saturated carbocycles. The lowest BCUT2D eigenvalue weighted by atomic mass is 9.97. The molecule has 10 nitrogen and oxygen atoms in total.